The number of hydrogen-bond acceptors (Lipinski definition) is 4. The maximum absolute atomic E-state index is 12.8. The van der Waals surface area contributed by atoms with E-state index in [1.54, 1.807) is 24.0 Å². The van der Waals surface area contributed by atoms with Crippen LogP contribution in [0.15, 0.2) is 18.2 Å². The molecule has 3 rings (SSSR count). The zero-order chi connectivity index (χ0) is 16.4. The second-order valence-corrected chi connectivity index (χ2v) is 6.56. The molecule has 1 amide bonds. The fourth-order valence-corrected chi connectivity index (χ4v) is 3.86. The summed E-state index contributed by atoms with van der Waals surface area (Å²) in [6.45, 7) is 4.23. The van der Waals surface area contributed by atoms with E-state index in [0.717, 1.165) is 19.4 Å². The van der Waals surface area contributed by atoms with E-state index in [0.29, 0.717) is 30.6 Å². The van der Waals surface area contributed by atoms with E-state index in [4.69, 9.17) is 0 Å². The summed E-state index contributed by atoms with van der Waals surface area (Å²) in [5, 5.41) is 14.8. The second kappa shape index (κ2) is 7.94. The Bertz CT molecular complexity index is 609. The molecule has 1 atom stereocenters. The topological polar surface area (TPSA) is 75.5 Å². The van der Waals surface area contributed by atoms with Crippen molar-refractivity contribution < 1.29 is 9.72 Å². The van der Waals surface area contributed by atoms with E-state index in [1.165, 1.54) is 18.9 Å². The molecule has 1 unspecified atom stereocenters. The van der Waals surface area contributed by atoms with E-state index in [9.17, 15) is 14.9 Å². The van der Waals surface area contributed by atoms with E-state index in [-0.39, 0.29) is 29.6 Å². The van der Waals surface area contributed by atoms with E-state index >= 15 is 0 Å². The molecule has 0 saturated carbocycles. The first-order valence-corrected chi connectivity index (χ1v) is 8.34. The molecule has 132 valence electrons. The van der Waals surface area contributed by atoms with Crippen molar-refractivity contribution in [1.29, 1.82) is 0 Å². The van der Waals surface area contributed by atoms with Crippen LogP contribution in [-0.4, -0.2) is 41.4 Å². The lowest BCUT2D eigenvalue weighted by Crippen LogP contribution is -2.43. The summed E-state index contributed by atoms with van der Waals surface area (Å²) in [6, 6.07) is 5.38. The van der Waals surface area contributed by atoms with Crippen LogP contribution in [0.4, 0.5) is 5.69 Å². The van der Waals surface area contributed by atoms with Gasteiger partial charge in [0.25, 0.3) is 11.6 Å². The molecule has 0 radical (unpaired) electrons. The van der Waals surface area contributed by atoms with E-state index in [2.05, 4.69) is 5.32 Å². The summed E-state index contributed by atoms with van der Waals surface area (Å²) < 4.78 is 0. The molecule has 1 N–H and O–H groups in total. The molecular formula is C17H24ClN3O3. The van der Waals surface area contributed by atoms with Gasteiger partial charge in [0.05, 0.1) is 4.92 Å². The lowest BCUT2D eigenvalue weighted by Gasteiger charge is -2.35. The Labute approximate surface area is 148 Å². The summed E-state index contributed by atoms with van der Waals surface area (Å²) in [7, 11) is 0. The number of nitro benzene ring substituents is 1. The Morgan fingerprint density at radius 1 is 1.29 bits per heavy atom. The number of benzene rings is 1. The molecule has 0 spiro atoms. The van der Waals surface area contributed by atoms with Gasteiger partial charge in [-0.05, 0) is 50.6 Å². The molecule has 24 heavy (non-hydrogen) atoms. The first-order chi connectivity index (χ1) is 11.1. The van der Waals surface area contributed by atoms with Crippen LogP contribution >= 0.6 is 12.4 Å². The smallest absolute Gasteiger partial charge is 0.282 e. The van der Waals surface area contributed by atoms with Gasteiger partial charge in [0.1, 0.15) is 5.56 Å². The number of nitrogens with one attached hydrogen (secondary N) is 1. The zero-order valence-corrected chi connectivity index (χ0v) is 14.7. The van der Waals surface area contributed by atoms with Crippen LogP contribution in [0.2, 0.25) is 0 Å². The van der Waals surface area contributed by atoms with Crippen LogP contribution < -0.4 is 5.32 Å². The Morgan fingerprint density at radius 2 is 2.00 bits per heavy atom. The highest BCUT2D eigenvalue weighted by Crippen LogP contribution is 2.29. The SMILES string of the molecule is Cc1cccc([N+](=O)[O-])c1C(=O)N1CCC(C2CCCN2)CC1.Cl. The predicted molar refractivity (Wildman–Crippen MR) is 94.7 cm³/mol. The highest BCUT2D eigenvalue weighted by atomic mass is 35.5. The van der Waals surface area contributed by atoms with Crippen LogP contribution in [0.5, 0.6) is 0 Å². The molecule has 6 nitrogen and oxygen atoms in total. The normalized spacial score (nSPS) is 21.4. The average molecular weight is 354 g/mol. The number of likely N-dealkylation sites (tertiary alicyclic amines) is 1. The molecule has 7 heteroatoms. The van der Waals surface area contributed by atoms with Gasteiger partial charge < -0.3 is 10.2 Å². The quantitative estimate of drug-likeness (QED) is 0.669. The number of hydrogen-bond donors (Lipinski definition) is 1. The Hall–Kier alpha value is -1.66. The van der Waals surface area contributed by atoms with Gasteiger partial charge in [0, 0.05) is 25.2 Å². The number of halogens is 1. The van der Waals surface area contributed by atoms with Crippen LogP contribution in [0.3, 0.4) is 0 Å². The summed E-state index contributed by atoms with van der Waals surface area (Å²) in [5.41, 5.74) is 0.827. The maximum Gasteiger partial charge on any atom is 0.282 e. The van der Waals surface area contributed by atoms with Crippen molar-refractivity contribution in [3.63, 3.8) is 0 Å². The maximum atomic E-state index is 12.8. The molecule has 2 aliphatic rings. The van der Waals surface area contributed by atoms with Gasteiger partial charge >= 0.3 is 0 Å². The molecular weight excluding hydrogens is 330 g/mol. The number of carbonyl (C=O) groups is 1. The standard InChI is InChI=1S/C17H23N3O3.ClH/c1-12-4-2-6-15(20(22)23)16(12)17(21)19-10-7-13(8-11-19)14-5-3-9-18-14;/h2,4,6,13-14,18H,3,5,7-11H2,1H3;1H. The third kappa shape index (κ3) is 3.70. The van der Waals surface area contributed by atoms with Gasteiger partial charge in [-0.2, -0.15) is 0 Å². The van der Waals surface area contributed by atoms with E-state index < -0.39 is 4.92 Å². The number of piperidine rings is 1. The molecule has 0 aliphatic carbocycles. The number of nitrogens with zero attached hydrogens (tertiary/aromatic N) is 2. The molecule has 2 aliphatic heterocycles. The summed E-state index contributed by atoms with van der Waals surface area (Å²) in [6.07, 6.45) is 4.41. The van der Waals surface area contributed by atoms with Gasteiger partial charge in [-0.1, -0.05) is 12.1 Å². The Morgan fingerprint density at radius 3 is 2.58 bits per heavy atom. The van der Waals surface area contributed by atoms with E-state index in [1.807, 2.05) is 0 Å². The number of amides is 1. The van der Waals surface area contributed by atoms with Gasteiger partial charge in [-0.25, -0.2) is 0 Å². The molecule has 0 bridgehead atoms. The molecule has 1 aromatic rings. The summed E-state index contributed by atoms with van der Waals surface area (Å²) in [5.74, 6) is 0.418. The molecule has 2 fully saturated rings. The second-order valence-electron chi connectivity index (χ2n) is 6.56. The van der Waals surface area contributed by atoms with Crippen LogP contribution in [0.1, 0.15) is 41.6 Å². The van der Waals surface area contributed by atoms with Gasteiger partial charge in [-0.15, -0.1) is 12.4 Å². The largest absolute Gasteiger partial charge is 0.338 e. The lowest BCUT2D eigenvalue weighted by molar-refractivity contribution is -0.385. The minimum absolute atomic E-state index is 0. The highest BCUT2D eigenvalue weighted by molar-refractivity contribution is 5.99. The van der Waals surface area contributed by atoms with Crippen molar-refractivity contribution in [2.45, 2.75) is 38.6 Å². The fraction of sp³-hybridized carbons (Fsp3) is 0.588. The predicted octanol–water partition coefficient (Wildman–Crippen LogP) is 2.93. The van der Waals surface area contributed by atoms with Gasteiger partial charge in [-0.3, -0.25) is 14.9 Å². The minimum atomic E-state index is -0.463. The summed E-state index contributed by atoms with van der Waals surface area (Å²) >= 11 is 0. The Balaban J connectivity index is 0.00000208. The summed E-state index contributed by atoms with van der Waals surface area (Å²) in [4.78, 5) is 25.3. The number of rotatable bonds is 3. The van der Waals surface area contributed by atoms with Crippen LogP contribution in [-0.2, 0) is 0 Å². The van der Waals surface area contributed by atoms with Crippen molar-refractivity contribution in [1.82, 2.24) is 10.2 Å². The van der Waals surface area contributed by atoms with Crippen molar-refractivity contribution in [3.8, 4) is 0 Å². The number of carbonyl (C=O) groups excluding carboxylic acids is 1. The van der Waals surface area contributed by atoms with Crippen molar-refractivity contribution in [3.05, 3.63) is 39.4 Å². The number of nitro groups is 1. The first-order valence-electron chi connectivity index (χ1n) is 8.34. The monoisotopic (exact) mass is 353 g/mol. The van der Waals surface area contributed by atoms with Crippen LogP contribution in [0, 0.1) is 23.0 Å². The third-order valence-corrected chi connectivity index (χ3v) is 5.16. The zero-order valence-electron chi connectivity index (χ0n) is 13.9. The van der Waals surface area contributed by atoms with Gasteiger partial charge in [0.15, 0.2) is 0 Å². The number of aryl methyl sites for hydroxylation is 1. The third-order valence-electron chi connectivity index (χ3n) is 5.16. The average Bonchev–Trinajstić information content (AvgIpc) is 3.08. The molecule has 2 heterocycles. The van der Waals surface area contributed by atoms with Crippen molar-refractivity contribution in [2.75, 3.05) is 19.6 Å². The fourth-order valence-electron chi connectivity index (χ4n) is 3.86. The van der Waals surface area contributed by atoms with Gasteiger partial charge in [0.2, 0.25) is 0 Å². The lowest BCUT2D eigenvalue weighted by atomic mass is 9.88. The molecule has 0 aromatic heterocycles. The van der Waals surface area contributed by atoms with Crippen molar-refractivity contribution in [2.24, 2.45) is 5.92 Å². The Kier molecular flexibility index (Phi) is 6.18. The molecule has 2 saturated heterocycles. The molecule has 1 aromatic carbocycles. The minimum Gasteiger partial charge on any atom is -0.338 e. The first kappa shape index (κ1) is 18.7. The van der Waals surface area contributed by atoms with Crippen LogP contribution in [0.25, 0.3) is 0 Å². The van der Waals surface area contributed by atoms with Crippen molar-refractivity contribution >= 4 is 24.0 Å². The highest BCUT2D eigenvalue weighted by Gasteiger charge is 2.32.